The minimum Gasteiger partial charge on any atom is -0.367 e. The number of nitrogens with zero attached hydrogens (tertiary/aromatic N) is 2. The number of para-hydroxylation sites is 1. The van der Waals surface area contributed by atoms with E-state index in [1.165, 1.54) is 0 Å². The first-order valence-corrected chi connectivity index (χ1v) is 6.30. The van der Waals surface area contributed by atoms with E-state index in [0.29, 0.717) is 18.8 Å². The number of rotatable bonds is 2. The van der Waals surface area contributed by atoms with E-state index in [0.717, 1.165) is 10.9 Å². The third-order valence-electron chi connectivity index (χ3n) is 3.34. The Balaban J connectivity index is 1.87. The molecule has 1 aliphatic heterocycles. The Bertz CT molecular complexity index is 666. The molecule has 7 nitrogen and oxygen atoms in total. The summed E-state index contributed by atoms with van der Waals surface area (Å²) >= 11 is 0. The number of nitrogens with two attached hydrogens (primary N) is 1. The van der Waals surface area contributed by atoms with Crippen molar-refractivity contribution in [2.45, 2.75) is 6.10 Å². The normalized spacial score (nSPS) is 19.2. The van der Waals surface area contributed by atoms with Crippen molar-refractivity contribution in [3.05, 3.63) is 30.0 Å². The summed E-state index contributed by atoms with van der Waals surface area (Å²) in [6.45, 7) is 0.876. The zero-order valence-corrected chi connectivity index (χ0v) is 10.7. The highest BCUT2D eigenvalue weighted by Crippen LogP contribution is 2.18. The summed E-state index contributed by atoms with van der Waals surface area (Å²) in [5, 5.41) is 7.65. The quantitative estimate of drug-likeness (QED) is 0.797. The molecule has 1 saturated heterocycles. The van der Waals surface area contributed by atoms with Crippen molar-refractivity contribution in [3.63, 3.8) is 0 Å². The van der Waals surface area contributed by atoms with Gasteiger partial charge in [-0.1, -0.05) is 18.2 Å². The van der Waals surface area contributed by atoms with Gasteiger partial charge in [-0.05, 0) is 6.07 Å². The molecular formula is C13H14N4O3. The number of amides is 2. The van der Waals surface area contributed by atoms with Gasteiger partial charge in [-0.3, -0.25) is 14.7 Å². The lowest BCUT2D eigenvalue weighted by atomic mass is 10.2. The molecule has 1 aromatic heterocycles. The molecule has 7 heteroatoms. The van der Waals surface area contributed by atoms with Crippen molar-refractivity contribution in [3.8, 4) is 0 Å². The largest absolute Gasteiger partial charge is 0.367 e. The number of ether oxygens (including phenoxy) is 1. The van der Waals surface area contributed by atoms with Gasteiger partial charge >= 0.3 is 0 Å². The Hall–Kier alpha value is -2.41. The van der Waals surface area contributed by atoms with Crippen molar-refractivity contribution >= 4 is 22.7 Å². The average molecular weight is 274 g/mol. The zero-order chi connectivity index (χ0) is 14.1. The second-order valence-corrected chi connectivity index (χ2v) is 4.63. The second kappa shape index (κ2) is 4.93. The Morgan fingerprint density at radius 3 is 3.00 bits per heavy atom. The van der Waals surface area contributed by atoms with Crippen LogP contribution in [0.4, 0.5) is 0 Å². The molecule has 2 amide bonds. The molecule has 1 unspecified atom stereocenters. The summed E-state index contributed by atoms with van der Waals surface area (Å²) in [7, 11) is 0. The van der Waals surface area contributed by atoms with E-state index in [1.807, 2.05) is 24.3 Å². The summed E-state index contributed by atoms with van der Waals surface area (Å²) in [4.78, 5) is 25.2. The van der Waals surface area contributed by atoms with Gasteiger partial charge in [0, 0.05) is 11.9 Å². The van der Waals surface area contributed by atoms with Crippen LogP contribution in [0, 0.1) is 0 Å². The van der Waals surface area contributed by atoms with Crippen molar-refractivity contribution < 1.29 is 14.3 Å². The number of primary amides is 1. The van der Waals surface area contributed by atoms with Crippen LogP contribution in [0.25, 0.3) is 10.9 Å². The van der Waals surface area contributed by atoms with Gasteiger partial charge in [0.1, 0.15) is 0 Å². The number of aromatic nitrogens is 2. The number of morpholine rings is 1. The molecule has 1 atom stereocenters. The summed E-state index contributed by atoms with van der Waals surface area (Å²) in [5.74, 6) is -0.786. The first-order valence-electron chi connectivity index (χ1n) is 6.30. The van der Waals surface area contributed by atoms with E-state index in [-0.39, 0.29) is 12.5 Å². The predicted molar refractivity (Wildman–Crippen MR) is 70.9 cm³/mol. The summed E-state index contributed by atoms with van der Waals surface area (Å²) < 4.78 is 5.23. The SMILES string of the molecule is NC(=O)C1CN(C(=O)c2n[nH]c3ccccc23)CCO1. The van der Waals surface area contributed by atoms with Crippen molar-refractivity contribution in [1.82, 2.24) is 15.1 Å². The highest BCUT2D eigenvalue weighted by Gasteiger charge is 2.29. The molecule has 3 rings (SSSR count). The van der Waals surface area contributed by atoms with Gasteiger partial charge in [0.25, 0.3) is 5.91 Å². The van der Waals surface area contributed by atoms with Crippen LogP contribution in [0.2, 0.25) is 0 Å². The Kier molecular flexibility index (Phi) is 3.11. The van der Waals surface area contributed by atoms with Crippen molar-refractivity contribution in [2.75, 3.05) is 19.7 Å². The van der Waals surface area contributed by atoms with Crippen LogP contribution < -0.4 is 5.73 Å². The maximum absolute atomic E-state index is 12.5. The Morgan fingerprint density at radius 2 is 2.20 bits per heavy atom. The monoisotopic (exact) mass is 274 g/mol. The van der Waals surface area contributed by atoms with Crippen LogP contribution in [0.1, 0.15) is 10.5 Å². The summed E-state index contributed by atoms with van der Waals surface area (Å²) in [6, 6.07) is 7.40. The maximum atomic E-state index is 12.5. The van der Waals surface area contributed by atoms with Crippen LogP contribution in [0.5, 0.6) is 0 Å². The highest BCUT2D eigenvalue weighted by molar-refractivity contribution is 6.04. The first-order chi connectivity index (χ1) is 9.66. The van der Waals surface area contributed by atoms with Gasteiger partial charge in [-0.15, -0.1) is 0 Å². The van der Waals surface area contributed by atoms with E-state index in [4.69, 9.17) is 10.5 Å². The molecule has 20 heavy (non-hydrogen) atoms. The average Bonchev–Trinajstić information content (AvgIpc) is 2.90. The fraction of sp³-hybridized carbons (Fsp3) is 0.308. The molecule has 1 aromatic carbocycles. The molecule has 3 N–H and O–H groups in total. The number of fused-ring (bicyclic) bond motifs is 1. The Labute approximate surface area is 114 Å². The van der Waals surface area contributed by atoms with Gasteiger partial charge in [0.2, 0.25) is 5.91 Å². The van der Waals surface area contributed by atoms with E-state index in [2.05, 4.69) is 10.2 Å². The topological polar surface area (TPSA) is 101 Å². The lowest BCUT2D eigenvalue weighted by molar-refractivity contribution is -0.133. The van der Waals surface area contributed by atoms with Gasteiger partial charge < -0.3 is 15.4 Å². The minimum absolute atomic E-state index is 0.162. The van der Waals surface area contributed by atoms with Gasteiger partial charge in [0.05, 0.1) is 18.7 Å². The number of carbonyl (C=O) groups excluding carboxylic acids is 2. The molecule has 0 spiro atoms. The predicted octanol–water partition coefficient (Wildman–Crippen LogP) is -0.111. The molecule has 1 fully saturated rings. The molecule has 0 aliphatic carbocycles. The lowest BCUT2D eigenvalue weighted by Gasteiger charge is -2.30. The number of hydrogen-bond acceptors (Lipinski definition) is 4. The number of H-pyrrole nitrogens is 1. The van der Waals surface area contributed by atoms with Gasteiger partial charge in [-0.2, -0.15) is 5.10 Å². The molecule has 2 aromatic rings. The number of carbonyl (C=O) groups is 2. The standard InChI is InChI=1S/C13H14N4O3/c14-12(18)10-7-17(5-6-20-10)13(19)11-8-3-1-2-4-9(8)15-16-11/h1-4,10H,5-7H2,(H2,14,18)(H,15,16). The van der Waals surface area contributed by atoms with Crippen LogP contribution >= 0.6 is 0 Å². The molecule has 0 radical (unpaired) electrons. The number of benzene rings is 1. The number of hydrogen-bond donors (Lipinski definition) is 2. The summed E-state index contributed by atoms with van der Waals surface area (Å²) in [5.41, 5.74) is 6.37. The molecule has 104 valence electrons. The fourth-order valence-electron chi connectivity index (χ4n) is 2.28. The third-order valence-corrected chi connectivity index (χ3v) is 3.34. The number of aromatic amines is 1. The first kappa shape index (κ1) is 12.6. The Morgan fingerprint density at radius 1 is 1.40 bits per heavy atom. The molecule has 0 bridgehead atoms. The van der Waals surface area contributed by atoms with Crippen molar-refractivity contribution in [2.24, 2.45) is 5.73 Å². The van der Waals surface area contributed by atoms with E-state index in [9.17, 15) is 9.59 Å². The van der Waals surface area contributed by atoms with Crippen LogP contribution in [0.15, 0.2) is 24.3 Å². The molecule has 0 saturated carbocycles. The zero-order valence-electron chi connectivity index (χ0n) is 10.7. The van der Waals surface area contributed by atoms with Crippen LogP contribution in [-0.2, 0) is 9.53 Å². The minimum atomic E-state index is -0.752. The van der Waals surface area contributed by atoms with Crippen LogP contribution in [-0.4, -0.2) is 52.7 Å². The highest BCUT2D eigenvalue weighted by atomic mass is 16.5. The second-order valence-electron chi connectivity index (χ2n) is 4.63. The van der Waals surface area contributed by atoms with Crippen molar-refractivity contribution in [1.29, 1.82) is 0 Å². The molecule has 2 heterocycles. The van der Waals surface area contributed by atoms with Crippen LogP contribution in [0.3, 0.4) is 0 Å². The lowest BCUT2D eigenvalue weighted by Crippen LogP contribution is -2.50. The fourth-order valence-corrected chi connectivity index (χ4v) is 2.28. The van der Waals surface area contributed by atoms with Gasteiger partial charge in [0.15, 0.2) is 11.8 Å². The van der Waals surface area contributed by atoms with Gasteiger partial charge in [-0.25, -0.2) is 0 Å². The molecule has 1 aliphatic rings. The molecular weight excluding hydrogens is 260 g/mol. The van der Waals surface area contributed by atoms with E-state index < -0.39 is 12.0 Å². The van der Waals surface area contributed by atoms with E-state index >= 15 is 0 Å². The smallest absolute Gasteiger partial charge is 0.275 e. The van der Waals surface area contributed by atoms with E-state index in [1.54, 1.807) is 4.90 Å². The third kappa shape index (κ3) is 2.12. The maximum Gasteiger partial charge on any atom is 0.275 e. The number of nitrogens with one attached hydrogen (secondary N) is 1. The summed E-state index contributed by atoms with van der Waals surface area (Å²) in [6.07, 6.45) is -0.752.